The summed E-state index contributed by atoms with van der Waals surface area (Å²) in [6, 6.07) is 0. The van der Waals surface area contributed by atoms with Crippen LogP contribution in [0.3, 0.4) is 0 Å². The Morgan fingerprint density at radius 2 is 2.00 bits per heavy atom. The molecular weight excluding hydrogens is 126 g/mol. The molecule has 0 rings (SSSR count). The molecule has 1 unspecified atom stereocenters. The molecule has 0 aliphatic carbocycles. The zero-order valence-electron chi connectivity index (χ0n) is 5.56. The third kappa shape index (κ3) is 6.21. The van der Waals surface area contributed by atoms with Crippen LogP contribution in [0.1, 0.15) is 6.92 Å². The molecule has 0 aromatic carbocycles. The lowest BCUT2D eigenvalue weighted by Crippen LogP contribution is -2.34. The first-order chi connectivity index (χ1) is 3.42. The number of nitrogens with zero attached hydrogens (tertiary/aromatic N) is 1. The van der Waals surface area contributed by atoms with E-state index in [9.17, 15) is 0 Å². The standard InChI is InChI=1S/C5H13ClNO/c1-5(8)4-7(2,3)6/h5,8H,4H2,1-3H3/q+1. The predicted molar refractivity (Wildman–Crippen MR) is 34.5 cm³/mol. The Balaban J connectivity index is 3.39. The van der Waals surface area contributed by atoms with Gasteiger partial charge in [-0.3, -0.25) is 0 Å². The molecule has 8 heavy (non-hydrogen) atoms. The number of rotatable bonds is 2. The highest BCUT2D eigenvalue weighted by atomic mass is 35.5. The summed E-state index contributed by atoms with van der Waals surface area (Å²) in [6.45, 7) is 2.31. The number of halogens is 1. The van der Waals surface area contributed by atoms with Crippen molar-refractivity contribution in [1.29, 1.82) is 0 Å². The molecule has 0 aliphatic heterocycles. The Bertz CT molecular complexity index is 67.3. The number of likely N-dealkylation sites (N-methyl/N-ethyl adjacent to an activating group) is 1. The second-order valence-corrected chi connectivity index (χ2v) is 3.48. The van der Waals surface area contributed by atoms with Crippen molar-refractivity contribution in [2.45, 2.75) is 13.0 Å². The van der Waals surface area contributed by atoms with Gasteiger partial charge in [0.2, 0.25) is 0 Å². The Morgan fingerprint density at radius 1 is 1.62 bits per heavy atom. The van der Waals surface area contributed by atoms with Crippen molar-refractivity contribution in [2.24, 2.45) is 0 Å². The molecule has 1 atom stereocenters. The van der Waals surface area contributed by atoms with Crippen molar-refractivity contribution >= 4 is 11.8 Å². The van der Waals surface area contributed by atoms with Gasteiger partial charge in [0, 0.05) is 0 Å². The second kappa shape index (κ2) is 2.67. The molecule has 1 N–H and O–H groups in total. The first kappa shape index (κ1) is 8.21. The van der Waals surface area contributed by atoms with Gasteiger partial charge >= 0.3 is 0 Å². The largest absolute Gasteiger partial charge is 0.387 e. The van der Waals surface area contributed by atoms with E-state index in [1.165, 1.54) is 0 Å². The van der Waals surface area contributed by atoms with Crippen molar-refractivity contribution in [2.75, 3.05) is 20.6 Å². The van der Waals surface area contributed by atoms with E-state index in [4.69, 9.17) is 16.9 Å². The minimum absolute atomic E-state index is 0.303. The first-order valence-electron chi connectivity index (χ1n) is 2.62. The fraction of sp³-hybridized carbons (Fsp3) is 1.00. The molecule has 0 saturated carbocycles. The highest BCUT2D eigenvalue weighted by molar-refractivity contribution is 6.06. The molecule has 0 amide bonds. The monoisotopic (exact) mass is 138 g/mol. The van der Waals surface area contributed by atoms with Crippen LogP contribution in [0.5, 0.6) is 0 Å². The number of hydrogen-bond donors (Lipinski definition) is 1. The molecule has 0 spiro atoms. The lowest BCUT2D eigenvalue weighted by atomic mass is 10.4. The van der Waals surface area contributed by atoms with E-state index in [0.29, 0.717) is 10.5 Å². The molecule has 50 valence electrons. The summed E-state index contributed by atoms with van der Waals surface area (Å²) >= 11 is 5.71. The highest BCUT2D eigenvalue weighted by Crippen LogP contribution is 2.02. The summed E-state index contributed by atoms with van der Waals surface area (Å²) in [5, 5.41) is 8.79. The van der Waals surface area contributed by atoms with Crippen LogP contribution in [-0.2, 0) is 0 Å². The Labute approximate surface area is 55.4 Å². The average molecular weight is 139 g/mol. The van der Waals surface area contributed by atoms with Crippen LogP contribution in [-0.4, -0.2) is 35.9 Å². The van der Waals surface area contributed by atoms with E-state index >= 15 is 0 Å². The average Bonchev–Trinajstić information content (AvgIpc) is 1.21. The third-order valence-electron chi connectivity index (χ3n) is 0.698. The van der Waals surface area contributed by atoms with Gasteiger partial charge in [-0.2, -0.15) is 0 Å². The van der Waals surface area contributed by atoms with Gasteiger partial charge in [0.05, 0.1) is 14.1 Å². The summed E-state index contributed by atoms with van der Waals surface area (Å²) in [4.78, 5) is 0. The molecule has 0 radical (unpaired) electrons. The number of quaternary nitrogens is 1. The van der Waals surface area contributed by atoms with Crippen LogP contribution in [0, 0.1) is 0 Å². The van der Waals surface area contributed by atoms with E-state index in [2.05, 4.69) is 0 Å². The smallest absolute Gasteiger partial charge is 0.164 e. The van der Waals surface area contributed by atoms with Gasteiger partial charge in [-0.25, -0.2) is 4.00 Å². The van der Waals surface area contributed by atoms with Crippen LogP contribution in [0.15, 0.2) is 0 Å². The maximum absolute atomic E-state index is 8.79. The highest BCUT2D eigenvalue weighted by Gasteiger charge is 2.13. The summed E-state index contributed by atoms with van der Waals surface area (Å²) in [7, 11) is 3.66. The van der Waals surface area contributed by atoms with E-state index in [0.717, 1.165) is 0 Å². The Hall–Kier alpha value is 0.210. The molecule has 0 aromatic rings. The van der Waals surface area contributed by atoms with Gasteiger partial charge in [0.25, 0.3) is 0 Å². The fourth-order valence-electron chi connectivity index (χ4n) is 0.628. The Morgan fingerprint density at radius 3 is 2.00 bits per heavy atom. The van der Waals surface area contributed by atoms with Gasteiger partial charge in [-0.1, -0.05) is 0 Å². The maximum Gasteiger partial charge on any atom is 0.164 e. The lowest BCUT2D eigenvalue weighted by Gasteiger charge is -2.19. The van der Waals surface area contributed by atoms with Crippen LogP contribution in [0.25, 0.3) is 0 Å². The van der Waals surface area contributed by atoms with Gasteiger partial charge in [-0.05, 0) is 6.92 Å². The molecule has 0 aliphatic rings. The van der Waals surface area contributed by atoms with E-state index in [1.54, 1.807) is 6.92 Å². The predicted octanol–water partition coefficient (Wildman–Crippen LogP) is 0.597. The zero-order valence-corrected chi connectivity index (χ0v) is 6.31. The molecule has 0 bridgehead atoms. The maximum atomic E-state index is 8.79. The van der Waals surface area contributed by atoms with Gasteiger partial charge < -0.3 is 5.11 Å². The SMILES string of the molecule is CC(O)C[N+](C)(C)Cl. The third-order valence-corrected chi connectivity index (χ3v) is 0.836. The number of aliphatic hydroxyl groups excluding tert-OH is 1. The first-order valence-corrected chi connectivity index (χ1v) is 2.96. The summed E-state index contributed by atoms with van der Waals surface area (Å²) in [5.74, 6) is 0. The van der Waals surface area contributed by atoms with E-state index in [-0.39, 0.29) is 6.10 Å². The van der Waals surface area contributed by atoms with Gasteiger partial charge in [-0.15, -0.1) is 0 Å². The zero-order chi connectivity index (χ0) is 6.78. The van der Waals surface area contributed by atoms with Crippen molar-refractivity contribution in [3.05, 3.63) is 0 Å². The van der Waals surface area contributed by atoms with Crippen molar-refractivity contribution < 1.29 is 9.11 Å². The molecule has 0 fully saturated rings. The van der Waals surface area contributed by atoms with Crippen LogP contribution in [0.4, 0.5) is 0 Å². The van der Waals surface area contributed by atoms with Crippen LogP contribution in [0.2, 0.25) is 0 Å². The summed E-state index contributed by atoms with van der Waals surface area (Å²) in [6.07, 6.45) is -0.317. The van der Waals surface area contributed by atoms with E-state index in [1.807, 2.05) is 14.1 Å². The quantitative estimate of drug-likeness (QED) is 0.554. The van der Waals surface area contributed by atoms with Crippen molar-refractivity contribution in [1.82, 2.24) is 0 Å². The van der Waals surface area contributed by atoms with E-state index < -0.39 is 0 Å². The fourth-order valence-corrected chi connectivity index (χ4v) is 0.828. The molecular formula is C5H13ClNO+. The van der Waals surface area contributed by atoms with Gasteiger partial charge in [0.1, 0.15) is 12.6 Å². The lowest BCUT2D eigenvalue weighted by molar-refractivity contribution is -0.775. The number of aliphatic hydroxyl groups is 1. The number of hydrogen-bond acceptors (Lipinski definition) is 1. The minimum atomic E-state index is -0.317. The van der Waals surface area contributed by atoms with Crippen LogP contribution < -0.4 is 0 Å². The summed E-state index contributed by atoms with van der Waals surface area (Å²) < 4.78 is 0.303. The molecule has 2 nitrogen and oxygen atoms in total. The van der Waals surface area contributed by atoms with Crippen LogP contribution >= 0.6 is 11.8 Å². The normalized spacial score (nSPS) is 16.1. The van der Waals surface area contributed by atoms with Crippen molar-refractivity contribution in [3.63, 3.8) is 0 Å². The summed E-state index contributed by atoms with van der Waals surface area (Å²) in [5.41, 5.74) is 0. The molecule has 3 heteroatoms. The molecule has 0 heterocycles. The molecule has 0 saturated heterocycles. The van der Waals surface area contributed by atoms with Gasteiger partial charge in [0.15, 0.2) is 11.8 Å². The minimum Gasteiger partial charge on any atom is -0.387 e. The Kier molecular flexibility index (Phi) is 2.74. The molecule has 0 aromatic heterocycles. The second-order valence-electron chi connectivity index (χ2n) is 2.57. The topological polar surface area (TPSA) is 20.2 Å². The van der Waals surface area contributed by atoms with Crippen molar-refractivity contribution in [3.8, 4) is 0 Å².